The second kappa shape index (κ2) is 6.91. The molecule has 4 heteroatoms. The quantitative estimate of drug-likeness (QED) is 0.799. The largest absolute Gasteiger partial charge is 0.298 e. The number of benzene rings is 1. The van der Waals surface area contributed by atoms with E-state index in [1.807, 2.05) is 18.2 Å². The summed E-state index contributed by atoms with van der Waals surface area (Å²) < 4.78 is 0. The molecule has 21 heavy (non-hydrogen) atoms. The number of hydrogen-bond donors (Lipinski definition) is 0. The number of carbonyl (C=O) groups excluding carboxylic acids is 1. The third-order valence-corrected chi connectivity index (χ3v) is 5.12. The van der Waals surface area contributed by atoms with Gasteiger partial charge in [-0.3, -0.25) is 14.6 Å². The van der Waals surface area contributed by atoms with E-state index in [1.165, 1.54) is 25.7 Å². The monoisotopic (exact) mass is 306 g/mol. The van der Waals surface area contributed by atoms with E-state index in [2.05, 4.69) is 9.80 Å². The minimum atomic E-state index is 0.134. The zero-order chi connectivity index (χ0) is 14.7. The molecule has 1 saturated carbocycles. The fraction of sp³-hybridized carbons (Fsp3) is 0.588. The van der Waals surface area contributed by atoms with E-state index >= 15 is 0 Å². The number of nitrogens with zero attached hydrogens (tertiary/aromatic N) is 2. The second-order valence-corrected chi connectivity index (χ2v) is 6.56. The van der Waals surface area contributed by atoms with Crippen LogP contribution >= 0.6 is 11.6 Å². The van der Waals surface area contributed by atoms with Crippen molar-refractivity contribution in [2.75, 3.05) is 32.7 Å². The Morgan fingerprint density at radius 1 is 1.10 bits per heavy atom. The molecule has 0 unspecified atom stereocenters. The zero-order valence-corrected chi connectivity index (χ0v) is 13.2. The first-order valence-corrected chi connectivity index (χ1v) is 8.36. The molecule has 2 fully saturated rings. The van der Waals surface area contributed by atoms with Crippen molar-refractivity contribution in [2.24, 2.45) is 0 Å². The van der Waals surface area contributed by atoms with Crippen LogP contribution in [0.3, 0.4) is 0 Å². The molecular weight excluding hydrogens is 284 g/mol. The van der Waals surface area contributed by atoms with Crippen molar-refractivity contribution in [3.63, 3.8) is 0 Å². The van der Waals surface area contributed by atoms with Gasteiger partial charge in [0.25, 0.3) is 0 Å². The third-order valence-electron chi connectivity index (χ3n) is 4.79. The molecule has 0 aromatic heterocycles. The van der Waals surface area contributed by atoms with Gasteiger partial charge in [0, 0.05) is 37.8 Å². The maximum Gasteiger partial charge on any atom is 0.178 e. The molecule has 1 saturated heterocycles. The summed E-state index contributed by atoms with van der Waals surface area (Å²) in [6, 6.07) is 8.13. The van der Waals surface area contributed by atoms with Gasteiger partial charge in [0.15, 0.2) is 5.78 Å². The van der Waals surface area contributed by atoms with Crippen molar-refractivity contribution in [1.29, 1.82) is 0 Å². The number of Topliss-reactive ketones (excluding diaryl/α,β-unsaturated/α-hetero) is 1. The molecule has 0 spiro atoms. The van der Waals surface area contributed by atoms with E-state index in [-0.39, 0.29) is 5.78 Å². The van der Waals surface area contributed by atoms with Crippen molar-refractivity contribution >= 4 is 17.4 Å². The molecule has 0 amide bonds. The fourth-order valence-corrected chi connectivity index (χ4v) is 3.77. The average molecular weight is 307 g/mol. The van der Waals surface area contributed by atoms with Crippen LogP contribution in [0.5, 0.6) is 0 Å². The molecule has 1 aliphatic heterocycles. The minimum absolute atomic E-state index is 0.134. The second-order valence-electron chi connectivity index (χ2n) is 6.15. The fourth-order valence-electron chi connectivity index (χ4n) is 3.53. The highest BCUT2D eigenvalue weighted by molar-refractivity contribution is 6.34. The summed E-state index contributed by atoms with van der Waals surface area (Å²) in [6.45, 7) is 4.67. The molecule has 114 valence electrons. The average Bonchev–Trinajstić information content (AvgIpc) is 3.02. The van der Waals surface area contributed by atoms with Crippen LogP contribution in [0.4, 0.5) is 0 Å². The molecule has 1 aromatic rings. The first-order valence-electron chi connectivity index (χ1n) is 7.98. The molecular formula is C17H23ClN2O. The Bertz CT molecular complexity index is 491. The third kappa shape index (κ3) is 3.65. The summed E-state index contributed by atoms with van der Waals surface area (Å²) in [5.74, 6) is 0.134. The Labute approximate surface area is 131 Å². The summed E-state index contributed by atoms with van der Waals surface area (Å²) in [5, 5.41) is 0.562. The Hall–Kier alpha value is -0.900. The SMILES string of the molecule is O=C(CN1CCN(C2CCCC2)CC1)c1ccccc1Cl. The van der Waals surface area contributed by atoms with Crippen molar-refractivity contribution in [3.05, 3.63) is 34.9 Å². The highest BCUT2D eigenvalue weighted by Gasteiger charge is 2.27. The van der Waals surface area contributed by atoms with Crippen molar-refractivity contribution < 1.29 is 4.79 Å². The van der Waals surface area contributed by atoms with Gasteiger partial charge in [-0.25, -0.2) is 0 Å². The van der Waals surface area contributed by atoms with Gasteiger partial charge in [-0.15, -0.1) is 0 Å². The molecule has 0 N–H and O–H groups in total. The molecule has 1 aliphatic carbocycles. The van der Waals surface area contributed by atoms with E-state index in [9.17, 15) is 4.79 Å². The zero-order valence-electron chi connectivity index (χ0n) is 12.4. The van der Waals surface area contributed by atoms with Gasteiger partial charge in [0.1, 0.15) is 0 Å². The molecule has 3 nitrogen and oxygen atoms in total. The lowest BCUT2D eigenvalue weighted by Gasteiger charge is -2.37. The van der Waals surface area contributed by atoms with Crippen LogP contribution in [0.15, 0.2) is 24.3 Å². The van der Waals surface area contributed by atoms with Gasteiger partial charge in [-0.1, -0.05) is 36.6 Å². The van der Waals surface area contributed by atoms with Crippen molar-refractivity contribution in [2.45, 2.75) is 31.7 Å². The summed E-state index contributed by atoms with van der Waals surface area (Å²) in [4.78, 5) is 17.2. The van der Waals surface area contributed by atoms with Crippen molar-refractivity contribution in [1.82, 2.24) is 9.80 Å². The highest BCUT2D eigenvalue weighted by atomic mass is 35.5. The van der Waals surface area contributed by atoms with Gasteiger partial charge in [0.2, 0.25) is 0 Å². The Kier molecular flexibility index (Phi) is 4.94. The van der Waals surface area contributed by atoms with Crippen molar-refractivity contribution in [3.8, 4) is 0 Å². The maximum absolute atomic E-state index is 12.3. The number of rotatable bonds is 4. The number of halogens is 1. The topological polar surface area (TPSA) is 23.6 Å². The Morgan fingerprint density at radius 3 is 2.43 bits per heavy atom. The van der Waals surface area contributed by atoms with E-state index in [0.29, 0.717) is 17.1 Å². The van der Waals surface area contributed by atoms with Crippen LogP contribution < -0.4 is 0 Å². The lowest BCUT2D eigenvalue weighted by molar-refractivity contribution is 0.0775. The van der Waals surface area contributed by atoms with Gasteiger partial charge in [0.05, 0.1) is 11.6 Å². The molecule has 1 aromatic carbocycles. The minimum Gasteiger partial charge on any atom is -0.298 e. The lowest BCUT2D eigenvalue weighted by Crippen LogP contribution is -2.50. The van der Waals surface area contributed by atoms with E-state index in [4.69, 9.17) is 11.6 Å². The predicted molar refractivity (Wildman–Crippen MR) is 86.1 cm³/mol. The number of piperazine rings is 1. The number of hydrogen-bond acceptors (Lipinski definition) is 3. The number of ketones is 1. The van der Waals surface area contributed by atoms with Crippen LogP contribution in [0, 0.1) is 0 Å². The molecule has 2 aliphatic rings. The highest BCUT2D eigenvalue weighted by Crippen LogP contribution is 2.24. The van der Waals surface area contributed by atoms with Crippen LogP contribution in [-0.4, -0.2) is 54.3 Å². The summed E-state index contributed by atoms with van der Waals surface area (Å²) in [5.41, 5.74) is 0.650. The van der Waals surface area contributed by atoms with Gasteiger partial charge in [-0.2, -0.15) is 0 Å². The summed E-state index contributed by atoms with van der Waals surface area (Å²) in [7, 11) is 0. The summed E-state index contributed by atoms with van der Waals surface area (Å²) >= 11 is 6.10. The first kappa shape index (κ1) is 15.0. The van der Waals surface area contributed by atoms with E-state index in [1.54, 1.807) is 6.07 Å². The predicted octanol–water partition coefficient (Wildman–Crippen LogP) is 3.08. The van der Waals surface area contributed by atoms with Gasteiger partial charge >= 0.3 is 0 Å². The molecule has 3 rings (SSSR count). The van der Waals surface area contributed by atoms with Gasteiger partial charge in [-0.05, 0) is 25.0 Å². The molecule has 1 heterocycles. The van der Waals surface area contributed by atoms with Crippen LogP contribution in [0.2, 0.25) is 5.02 Å². The summed E-state index contributed by atoms with van der Waals surface area (Å²) in [6.07, 6.45) is 5.49. The van der Waals surface area contributed by atoms with Gasteiger partial charge < -0.3 is 0 Å². The lowest BCUT2D eigenvalue weighted by atomic mass is 10.1. The molecule has 0 atom stereocenters. The number of carbonyl (C=O) groups is 1. The molecule has 0 radical (unpaired) electrons. The van der Waals surface area contributed by atoms with E-state index in [0.717, 1.165) is 32.2 Å². The van der Waals surface area contributed by atoms with E-state index < -0.39 is 0 Å². The Balaban J connectivity index is 1.51. The van der Waals surface area contributed by atoms with Crippen LogP contribution in [-0.2, 0) is 0 Å². The smallest absolute Gasteiger partial charge is 0.178 e. The standard InChI is InChI=1S/C17H23ClN2O/c18-16-8-4-3-7-15(16)17(21)13-19-9-11-20(12-10-19)14-5-1-2-6-14/h3-4,7-8,14H,1-2,5-6,9-13H2. The maximum atomic E-state index is 12.3. The normalized spacial score (nSPS) is 21.8. The first-order chi connectivity index (χ1) is 10.2. The molecule has 0 bridgehead atoms. The van der Waals surface area contributed by atoms with Crippen LogP contribution in [0.25, 0.3) is 0 Å². The Morgan fingerprint density at radius 2 is 1.76 bits per heavy atom. The van der Waals surface area contributed by atoms with Crippen LogP contribution in [0.1, 0.15) is 36.0 Å².